The van der Waals surface area contributed by atoms with Gasteiger partial charge in [-0.1, -0.05) is 103 Å². The smallest absolute Gasteiger partial charge is 0.305 e. The third-order valence-corrected chi connectivity index (χ3v) is 5.87. The van der Waals surface area contributed by atoms with Crippen molar-refractivity contribution in [2.45, 2.75) is 141 Å². The van der Waals surface area contributed by atoms with Gasteiger partial charge in [0.15, 0.2) is 0 Å². The number of unbranched alkanes of at least 4 members (excludes halogenated alkanes) is 16. The van der Waals surface area contributed by atoms with Gasteiger partial charge in [0.05, 0.1) is 6.67 Å². The Balaban J connectivity index is 3.41. The first-order valence-electron chi connectivity index (χ1n) is 13.7. The maximum atomic E-state index is 12.0. The normalized spacial score (nSPS) is 12.0. The SMILES string of the molecule is CCCCCCCCCCCCCCCC(=O)OCC(O)COC(=O)CCCCCCC[18F]. The van der Waals surface area contributed by atoms with Crippen LogP contribution in [0.25, 0.3) is 0 Å². The van der Waals surface area contributed by atoms with Crippen molar-refractivity contribution in [3.8, 4) is 0 Å². The quantitative estimate of drug-likeness (QED) is 0.112. The Morgan fingerprint density at radius 1 is 0.606 bits per heavy atom. The minimum atomic E-state index is -0.992. The fraction of sp³-hybridized carbons (Fsp3) is 0.926. The van der Waals surface area contributed by atoms with E-state index >= 15 is 0 Å². The molecule has 1 atom stereocenters. The molecular weight excluding hydrogens is 422 g/mol. The van der Waals surface area contributed by atoms with E-state index in [-0.39, 0.29) is 31.8 Å². The lowest BCUT2D eigenvalue weighted by molar-refractivity contribution is -0.152. The van der Waals surface area contributed by atoms with E-state index in [1.807, 2.05) is 0 Å². The molecule has 196 valence electrons. The first kappa shape index (κ1) is 31.8. The van der Waals surface area contributed by atoms with Gasteiger partial charge in [-0.15, -0.1) is 0 Å². The highest BCUT2D eigenvalue weighted by Gasteiger charge is 2.12. The number of hydrogen-bond acceptors (Lipinski definition) is 5. The van der Waals surface area contributed by atoms with Gasteiger partial charge in [-0.3, -0.25) is 14.0 Å². The Bertz CT molecular complexity index is 444. The van der Waals surface area contributed by atoms with E-state index < -0.39 is 6.10 Å². The van der Waals surface area contributed by atoms with Gasteiger partial charge in [-0.25, -0.2) is 0 Å². The van der Waals surface area contributed by atoms with E-state index in [9.17, 15) is 19.1 Å². The molecule has 0 saturated heterocycles. The number of esters is 2. The van der Waals surface area contributed by atoms with E-state index in [0.29, 0.717) is 25.7 Å². The number of alkyl halides is 1. The molecule has 0 bridgehead atoms. The molecule has 1 unspecified atom stereocenters. The van der Waals surface area contributed by atoms with Crippen molar-refractivity contribution in [2.24, 2.45) is 0 Å². The molecule has 33 heavy (non-hydrogen) atoms. The van der Waals surface area contributed by atoms with E-state index in [1.54, 1.807) is 0 Å². The lowest BCUT2D eigenvalue weighted by Crippen LogP contribution is -2.25. The predicted octanol–water partition coefficient (Wildman–Crippen LogP) is 7.23. The summed E-state index contributed by atoms with van der Waals surface area (Å²) in [5.74, 6) is -0.672. The van der Waals surface area contributed by atoms with Gasteiger partial charge in [-0.2, -0.15) is 0 Å². The van der Waals surface area contributed by atoms with Crippen molar-refractivity contribution < 1.29 is 28.6 Å². The maximum Gasteiger partial charge on any atom is 0.305 e. The van der Waals surface area contributed by atoms with Crippen LogP contribution in [0.4, 0.5) is 4.39 Å². The molecule has 0 aromatic heterocycles. The number of halogens is 1. The fourth-order valence-corrected chi connectivity index (χ4v) is 3.75. The van der Waals surface area contributed by atoms with E-state index in [1.165, 1.54) is 64.2 Å². The monoisotopic (exact) mass is 473 g/mol. The standard InChI is InChI=1S/C27H51FO5/c1-2-3-4-5-6-7-8-9-10-11-12-14-17-20-26(30)32-23-25(29)24-33-27(31)21-18-15-13-16-19-22-28/h25,29H,2-24H2,1H3/i28-1. The van der Waals surface area contributed by atoms with Gasteiger partial charge in [0, 0.05) is 12.8 Å². The van der Waals surface area contributed by atoms with Gasteiger partial charge in [-0.05, 0) is 19.3 Å². The number of hydrogen-bond donors (Lipinski definition) is 1. The van der Waals surface area contributed by atoms with Crippen LogP contribution in [0, 0.1) is 0 Å². The summed E-state index contributed by atoms with van der Waals surface area (Å²) in [4.78, 5) is 23.4. The van der Waals surface area contributed by atoms with Crippen LogP contribution < -0.4 is 0 Å². The molecule has 0 aromatic carbocycles. The zero-order chi connectivity index (χ0) is 24.4. The molecule has 0 aromatic rings. The van der Waals surface area contributed by atoms with E-state index in [2.05, 4.69) is 6.92 Å². The molecule has 5 nitrogen and oxygen atoms in total. The van der Waals surface area contributed by atoms with Crippen LogP contribution >= 0.6 is 0 Å². The van der Waals surface area contributed by atoms with Gasteiger partial charge < -0.3 is 14.6 Å². The van der Waals surface area contributed by atoms with E-state index in [4.69, 9.17) is 9.47 Å². The molecular formula is C27H51FO5. The third-order valence-electron chi connectivity index (χ3n) is 5.87. The minimum Gasteiger partial charge on any atom is -0.463 e. The van der Waals surface area contributed by atoms with Crippen LogP contribution in [-0.2, 0) is 19.1 Å². The molecule has 0 aliphatic rings. The molecule has 0 radical (unpaired) electrons. The lowest BCUT2D eigenvalue weighted by Gasteiger charge is -2.12. The Labute approximate surface area is 202 Å². The molecule has 0 aliphatic carbocycles. The second-order valence-electron chi connectivity index (χ2n) is 9.22. The van der Waals surface area contributed by atoms with Crippen molar-refractivity contribution in [3.05, 3.63) is 0 Å². The highest BCUT2D eigenvalue weighted by atomic mass is 18.2. The number of carbonyl (C=O) groups is 2. The van der Waals surface area contributed by atoms with Crippen LogP contribution in [0.2, 0.25) is 0 Å². The van der Waals surface area contributed by atoms with Crippen LogP contribution in [0.5, 0.6) is 0 Å². The van der Waals surface area contributed by atoms with Crippen molar-refractivity contribution in [3.63, 3.8) is 0 Å². The van der Waals surface area contributed by atoms with Gasteiger partial charge >= 0.3 is 11.9 Å². The number of rotatable bonds is 25. The Morgan fingerprint density at radius 2 is 0.939 bits per heavy atom. The third kappa shape index (κ3) is 25.3. The maximum absolute atomic E-state index is 12.0. The highest BCUT2D eigenvalue weighted by molar-refractivity contribution is 5.69. The second kappa shape index (κ2) is 25.5. The molecule has 0 rings (SSSR count). The highest BCUT2D eigenvalue weighted by Crippen LogP contribution is 2.13. The van der Waals surface area contributed by atoms with Gasteiger partial charge in [0.2, 0.25) is 0 Å². The molecule has 0 saturated carbocycles. The van der Waals surface area contributed by atoms with Crippen LogP contribution in [0.15, 0.2) is 0 Å². The largest absolute Gasteiger partial charge is 0.463 e. The summed E-state index contributed by atoms with van der Waals surface area (Å²) >= 11 is 0. The van der Waals surface area contributed by atoms with Crippen molar-refractivity contribution in [2.75, 3.05) is 19.9 Å². The van der Waals surface area contributed by atoms with Crippen molar-refractivity contribution >= 4 is 11.9 Å². The van der Waals surface area contributed by atoms with E-state index in [0.717, 1.165) is 38.5 Å². The molecule has 0 amide bonds. The van der Waals surface area contributed by atoms with Crippen LogP contribution in [-0.4, -0.2) is 43.0 Å². The second-order valence-corrected chi connectivity index (χ2v) is 9.22. The molecule has 0 fully saturated rings. The zero-order valence-corrected chi connectivity index (χ0v) is 21.3. The summed E-state index contributed by atoms with van der Waals surface area (Å²) in [7, 11) is 0. The van der Waals surface area contributed by atoms with Gasteiger partial charge in [0.25, 0.3) is 0 Å². The van der Waals surface area contributed by atoms with Crippen LogP contribution in [0.3, 0.4) is 0 Å². The molecule has 0 aliphatic heterocycles. The molecule has 6 heteroatoms. The first-order chi connectivity index (χ1) is 16.1. The average molecular weight is 474 g/mol. The zero-order valence-electron chi connectivity index (χ0n) is 21.3. The van der Waals surface area contributed by atoms with Crippen molar-refractivity contribution in [1.29, 1.82) is 0 Å². The van der Waals surface area contributed by atoms with Gasteiger partial charge in [0.1, 0.15) is 19.3 Å². The molecule has 0 spiro atoms. The summed E-state index contributed by atoms with van der Waals surface area (Å²) in [6, 6.07) is 0. The summed E-state index contributed by atoms with van der Waals surface area (Å²) in [5.41, 5.74) is 0. The summed E-state index contributed by atoms with van der Waals surface area (Å²) in [6.45, 7) is 1.66. The molecule has 0 heterocycles. The topological polar surface area (TPSA) is 72.8 Å². The predicted molar refractivity (Wildman–Crippen MR) is 132 cm³/mol. The van der Waals surface area contributed by atoms with Crippen molar-refractivity contribution in [1.82, 2.24) is 0 Å². The summed E-state index contributed by atoms with van der Waals surface area (Å²) < 4.78 is 22.0. The first-order valence-corrected chi connectivity index (χ1v) is 13.7. The average Bonchev–Trinajstić information content (AvgIpc) is 2.81. The minimum absolute atomic E-state index is 0.145. The number of ether oxygens (including phenoxy) is 2. The Kier molecular flexibility index (Phi) is 24.6. The number of aliphatic hydroxyl groups is 1. The number of carbonyl (C=O) groups excluding carboxylic acids is 2. The Morgan fingerprint density at radius 3 is 1.30 bits per heavy atom. The fourth-order valence-electron chi connectivity index (χ4n) is 3.75. The number of aliphatic hydroxyl groups excluding tert-OH is 1. The lowest BCUT2D eigenvalue weighted by atomic mass is 10.0. The summed E-state index contributed by atoms with van der Waals surface area (Å²) in [6.07, 6.45) is 19.9. The Hall–Kier alpha value is -1.17. The molecule has 1 N–H and O–H groups in total. The summed E-state index contributed by atoms with van der Waals surface area (Å²) in [5, 5.41) is 9.81. The van der Waals surface area contributed by atoms with Crippen LogP contribution in [0.1, 0.15) is 135 Å².